The van der Waals surface area contributed by atoms with Gasteiger partial charge in [-0.05, 0) is 60.7 Å². The van der Waals surface area contributed by atoms with Crippen LogP contribution in [0.3, 0.4) is 0 Å². The third kappa shape index (κ3) is 3.28. The zero-order valence-electron chi connectivity index (χ0n) is 11.6. The predicted molar refractivity (Wildman–Crippen MR) is 88.8 cm³/mol. The Morgan fingerprint density at radius 3 is 2.19 bits per heavy atom. The molecule has 2 aromatic rings. The molecule has 0 bridgehead atoms. The number of nitrogens with zero attached hydrogens (tertiary/aromatic N) is 1. The maximum absolute atomic E-state index is 9.35. The first-order valence-electron chi connectivity index (χ1n) is 7.12. The van der Waals surface area contributed by atoms with Crippen LogP contribution in [0.5, 0.6) is 5.75 Å². The van der Waals surface area contributed by atoms with Crippen molar-refractivity contribution in [2.45, 2.75) is 18.8 Å². The molecule has 2 nitrogen and oxygen atoms in total. The molecule has 1 fully saturated rings. The predicted octanol–water partition coefficient (Wildman–Crippen LogP) is 5.08. The Hall–Kier alpha value is -1.38. The number of piperidine rings is 1. The molecule has 0 unspecified atom stereocenters. The van der Waals surface area contributed by atoms with Crippen molar-refractivity contribution in [1.29, 1.82) is 0 Å². The summed E-state index contributed by atoms with van der Waals surface area (Å²) >= 11 is 12.1. The van der Waals surface area contributed by atoms with Gasteiger partial charge >= 0.3 is 0 Å². The number of halogens is 2. The SMILES string of the molecule is Oc1ccc(N2CCC(c3ccc(Cl)c(Cl)c3)CC2)cc1. The lowest BCUT2D eigenvalue weighted by Crippen LogP contribution is -2.32. The Bertz CT molecular complexity index is 619. The van der Waals surface area contributed by atoms with Crippen molar-refractivity contribution in [1.82, 2.24) is 0 Å². The van der Waals surface area contributed by atoms with Crippen molar-refractivity contribution in [2.75, 3.05) is 18.0 Å². The monoisotopic (exact) mass is 321 g/mol. The maximum atomic E-state index is 9.35. The molecule has 0 saturated carbocycles. The molecule has 4 heteroatoms. The Kier molecular flexibility index (Phi) is 4.27. The highest BCUT2D eigenvalue weighted by Crippen LogP contribution is 2.33. The van der Waals surface area contributed by atoms with E-state index in [0.717, 1.165) is 25.9 Å². The van der Waals surface area contributed by atoms with Crippen LogP contribution in [0.4, 0.5) is 5.69 Å². The highest BCUT2D eigenvalue weighted by atomic mass is 35.5. The Morgan fingerprint density at radius 2 is 1.57 bits per heavy atom. The quantitative estimate of drug-likeness (QED) is 0.833. The van der Waals surface area contributed by atoms with Crippen molar-refractivity contribution in [3.05, 3.63) is 58.1 Å². The molecule has 0 atom stereocenters. The topological polar surface area (TPSA) is 23.5 Å². The first kappa shape index (κ1) is 14.6. The molecular formula is C17H17Cl2NO. The van der Waals surface area contributed by atoms with E-state index in [1.54, 1.807) is 12.1 Å². The molecule has 2 aromatic carbocycles. The summed E-state index contributed by atoms with van der Waals surface area (Å²) in [5.74, 6) is 0.845. The average molecular weight is 322 g/mol. The zero-order chi connectivity index (χ0) is 14.8. The fourth-order valence-corrected chi connectivity index (χ4v) is 3.21. The van der Waals surface area contributed by atoms with Crippen LogP contribution in [0.25, 0.3) is 0 Å². The number of hydrogen-bond acceptors (Lipinski definition) is 2. The number of phenols is 1. The molecule has 0 amide bonds. The van der Waals surface area contributed by atoms with E-state index in [4.69, 9.17) is 23.2 Å². The summed E-state index contributed by atoms with van der Waals surface area (Å²) in [7, 11) is 0. The molecule has 1 heterocycles. The van der Waals surface area contributed by atoms with Crippen LogP contribution in [-0.4, -0.2) is 18.2 Å². The molecule has 0 aliphatic carbocycles. The number of phenolic OH excluding ortho intramolecular Hbond substituents is 1. The smallest absolute Gasteiger partial charge is 0.115 e. The van der Waals surface area contributed by atoms with Crippen LogP contribution in [0.1, 0.15) is 24.3 Å². The first-order chi connectivity index (χ1) is 10.1. The molecular weight excluding hydrogens is 305 g/mol. The number of hydrogen-bond donors (Lipinski definition) is 1. The van der Waals surface area contributed by atoms with Crippen LogP contribution in [-0.2, 0) is 0 Å². The van der Waals surface area contributed by atoms with Gasteiger partial charge in [0.1, 0.15) is 5.75 Å². The van der Waals surface area contributed by atoms with Gasteiger partial charge in [0.25, 0.3) is 0 Å². The van der Waals surface area contributed by atoms with Crippen LogP contribution in [0.2, 0.25) is 10.0 Å². The lowest BCUT2D eigenvalue weighted by Gasteiger charge is -2.34. The number of anilines is 1. The number of aromatic hydroxyl groups is 1. The van der Waals surface area contributed by atoms with Crippen LogP contribution in [0, 0.1) is 0 Å². The molecule has 110 valence electrons. The average Bonchev–Trinajstić information content (AvgIpc) is 2.51. The second-order valence-corrected chi connectivity index (χ2v) is 6.27. The van der Waals surface area contributed by atoms with E-state index < -0.39 is 0 Å². The molecule has 0 spiro atoms. The summed E-state index contributed by atoms with van der Waals surface area (Å²) < 4.78 is 0. The molecule has 21 heavy (non-hydrogen) atoms. The summed E-state index contributed by atoms with van der Waals surface area (Å²) in [6, 6.07) is 13.4. The molecule has 0 radical (unpaired) electrons. The fourth-order valence-electron chi connectivity index (χ4n) is 2.90. The first-order valence-corrected chi connectivity index (χ1v) is 7.88. The summed E-state index contributed by atoms with van der Waals surface area (Å²) in [4.78, 5) is 2.35. The number of rotatable bonds is 2. The van der Waals surface area contributed by atoms with Gasteiger partial charge in [0.05, 0.1) is 10.0 Å². The van der Waals surface area contributed by atoms with Crippen LogP contribution < -0.4 is 4.90 Å². The molecule has 1 aliphatic rings. The second kappa shape index (κ2) is 6.17. The van der Waals surface area contributed by atoms with E-state index in [0.29, 0.717) is 21.7 Å². The Balaban J connectivity index is 1.67. The van der Waals surface area contributed by atoms with E-state index in [1.165, 1.54) is 11.3 Å². The highest BCUT2D eigenvalue weighted by Gasteiger charge is 2.21. The maximum Gasteiger partial charge on any atom is 0.115 e. The lowest BCUT2D eigenvalue weighted by molar-refractivity contribution is 0.474. The van der Waals surface area contributed by atoms with Gasteiger partial charge in [-0.15, -0.1) is 0 Å². The number of benzene rings is 2. The van der Waals surface area contributed by atoms with Gasteiger partial charge in [0.2, 0.25) is 0 Å². The van der Waals surface area contributed by atoms with Crippen molar-refractivity contribution in [2.24, 2.45) is 0 Å². The molecule has 1 N–H and O–H groups in total. The van der Waals surface area contributed by atoms with Gasteiger partial charge in [-0.1, -0.05) is 29.3 Å². The van der Waals surface area contributed by atoms with E-state index in [1.807, 2.05) is 24.3 Å². The fraction of sp³-hybridized carbons (Fsp3) is 0.294. The minimum atomic E-state index is 0.310. The summed E-state index contributed by atoms with van der Waals surface area (Å²) in [6.45, 7) is 2.02. The molecule has 1 saturated heterocycles. The van der Waals surface area contributed by atoms with E-state index in [2.05, 4.69) is 11.0 Å². The van der Waals surface area contributed by atoms with Gasteiger partial charge in [-0.25, -0.2) is 0 Å². The van der Waals surface area contributed by atoms with E-state index in [9.17, 15) is 5.11 Å². The lowest BCUT2D eigenvalue weighted by atomic mass is 9.89. The molecule has 0 aromatic heterocycles. The summed E-state index contributed by atoms with van der Waals surface area (Å²) in [5.41, 5.74) is 2.44. The van der Waals surface area contributed by atoms with Gasteiger partial charge in [0, 0.05) is 18.8 Å². The minimum Gasteiger partial charge on any atom is -0.508 e. The summed E-state index contributed by atoms with van der Waals surface area (Å²) in [5, 5.41) is 10.6. The van der Waals surface area contributed by atoms with Gasteiger partial charge in [-0.2, -0.15) is 0 Å². The normalized spacial score (nSPS) is 16.2. The second-order valence-electron chi connectivity index (χ2n) is 5.45. The van der Waals surface area contributed by atoms with Crippen LogP contribution in [0.15, 0.2) is 42.5 Å². The third-order valence-corrected chi connectivity index (χ3v) is 4.86. The van der Waals surface area contributed by atoms with Crippen molar-refractivity contribution in [3.8, 4) is 5.75 Å². The zero-order valence-corrected chi connectivity index (χ0v) is 13.1. The van der Waals surface area contributed by atoms with Gasteiger partial charge in [0.15, 0.2) is 0 Å². The van der Waals surface area contributed by atoms with E-state index in [-0.39, 0.29) is 0 Å². The van der Waals surface area contributed by atoms with Crippen molar-refractivity contribution >= 4 is 28.9 Å². The van der Waals surface area contributed by atoms with Crippen molar-refractivity contribution < 1.29 is 5.11 Å². The van der Waals surface area contributed by atoms with Crippen molar-refractivity contribution in [3.63, 3.8) is 0 Å². The Labute approximate surface area is 134 Å². The molecule has 1 aliphatic heterocycles. The summed E-state index contributed by atoms with van der Waals surface area (Å²) in [6.07, 6.45) is 2.19. The third-order valence-electron chi connectivity index (χ3n) is 4.12. The minimum absolute atomic E-state index is 0.310. The van der Waals surface area contributed by atoms with E-state index >= 15 is 0 Å². The largest absolute Gasteiger partial charge is 0.508 e. The van der Waals surface area contributed by atoms with Gasteiger partial charge < -0.3 is 10.0 Å². The Morgan fingerprint density at radius 1 is 0.905 bits per heavy atom. The molecule has 3 rings (SSSR count). The standard InChI is InChI=1S/C17H17Cl2NO/c18-16-6-1-13(11-17(16)19)12-7-9-20(10-8-12)14-2-4-15(21)5-3-14/h1-6,11-12,21H,7-10H2. The van der Waals surface area contributed by atoms with Gasteiger partial charge in [-0.3, -0.25) is 0 Å². The highest BCUT2D eigenvalue weighted by molar-refractivity contribution is 6.42. The van der Waals surface area contributed by atoms with Crippen LogP contribution >= 0.6 is 23.2 Å².